The maximum Gasteiger partial charge on any atom is 0.127 e. The molecule has 0 bridgehead atoms. The van der Waals surface area contributed by atoms with Crippen molar-refractivity contribution < 1.29 is 14.2 Å². The van der Waals surface area contributed by atoms with Crippen LogP contribution in [0.25, 0.3) is 0 Å². The van der Waals surface area contributed by atoms with E-state index in [4.69, 9.17) is 19.9 Å². The summed E-state index contributed by atoms with van der Waals surface area (Å²) in [7, 11) is 1.63. The Hall–Kier alpha value is -2.20. The van der Waals surface area contributed by atoms with Gasteiger partial charge in [0.1, 0.15) is 30.5 Å². The summed E-state index contributed by atoms with van der Waals surface area (Å²) in [6, 6.07) is 11.7. The van der Waals surface area contributed by atoms with E-state index >= 15 is 0 Å². The summed E-state index contributed by atoms with van der Waals surface area (Å²) in [5.41, 5.74) is 8.93. The fraction of sp³-hybridized carbons (Fsp3) is 0.333. The van der Waals surface area contributed by atoms with Gasteiger partial charge in [-0.25, -0.2) is 0 Å². The first-order valence-electron chi connectivity index (χ1n) is 7.34. The quantitative estimate of drug-likeness (QED) is 0.798. The van der Waals surface area contributed by atoms with Crippen LogP contribution in [0.5, 0.6) is 17.2 Å². The van der Waals surface area contributed by atoms with Crippen molar-refractivity contribution >= 4 is 0 Å². The van der Waals surface area contributed by atoms with Gasteiger partial charge >= 0.3 is 0 Å². The Labute approximate surface area is 131 Å². The van der Waals surface area contributed by atoms with Crippen molar-refractivity contribution in [1.29, 1.82) is 0 Å². The maximum absolute atomic E-state index is 5.83. The molecular formula is C18H23NO3. The SMILES string of the molecule is COc1ccc(CN)c(OCCOc2c(C)cccc2C)c1. The summed E-state index contributed by atoms with van der Waals surface area (Å²) in [6.07, 6.45) is 0. The summed E-state index contributed by atoms with van der Waals surface area (Å²) in [5, 5.41) is 0. The van der Waals surface area contributed by atoms with Crippen LogP contribution in [0.4, 0.5) is 0 Å². The molecule has 2 rings (SSSR count). The molecule has 0 spiro atoms. The number of methoxy groups -OCH3 is 1. The van der Waals surface area contributed by atoms with Gasteiger partial charge in [-0.1, -0.05) is 24.3 Å². The number of benzene rings is 2. The Morgan fingerprint density at radius 2 is 1.64 bits per heavy atom. The van der Waals surface area contributed by atoms with Crippen LogP contribution in [-0.4, -0.2) is 20.3 Å². The van der Waals surface area contributed by atoms with Crippen LogP contribution >= 0.6 is 0 Å². The average Bonchev–Trinajstić information content (AvgIpc) is 2.53. The molecule has 118 valence electrons. The van der Waals surface area contributed by atoms with Gasteiger partial charge in [0, 0.05) is 18.2 Å². The minimum atomic E-state index is 0.428. The van der Waals surface area contributed by atoms with Crippen molar-refractivity contribution in [3.8, 4) is 17.2 Å². The average molecular weight is 301 g/mol. The van der Waals surface area contributed by atoms with Crippen LogP contribution in [-0.2, 0) is 6.54 Å². The third kappa shape index (κ3) is 3.92. The van der Waals surface area contributed by atoms with Gasteiger partial charge < -0.3 is 19.9 Å². The van der Waals surface area contributed by atoms with Crippen LogP contribution in [0.1, 0.15) is 16.7 Å². The molecule has 0 saturated carbocycles. The van der Waals surface area contributed by atoms with Gasteiger partial charge in [0.15, 0.2) is 0 Å². The number of ether oxygens (including phenoxy) is 3. The van der Waals surface area contributed by atoms with Gasteiger partial charge in [0.2, 0.25) is 0 Å². The lowest BCUT2D eigenvalue weighted by Gasteiger charge is -2.14. The first-order chi connectivity index (χ1) is 10.7. The molecule has 2 aromatic carbocycles. The van der Waals surface area contributed by atoms with E-state index in [9.17, 15) is 0 Å². The molecule has 0 aliphatic rings. The lowest BCUT2D eigenvalue weighted by atomic mass is 10.1. The zero-order valence-electron chi connectivity index (χ0n) is 13.4. The van der Waals surface area contributed by atoms with Crippen LogP contribution < -0.4 is 19.9 Å². The summed E-state index contributed by atoms with van der Waals surface area (Å²) >= 11 is 0. The third-order valence-corrected chi connectivity index (χ3v) is 3.49. The minimum Gasteiger partial charge on any atom is -0.497 e. The van der Waals surface area contributed by atoms with Gasteiger partial charge in [-0.15, -0.1) is 0 Å². The topological polar surface area (TPSA) is 53.7 Å². The highest BCUT2D eigenvalue weighted by atomic mass is 16.5. The summed E-state index contributed by atoms with van der Waals surface area (Å²) in [4.78, 5) is 0. The predicted molar refractivity (Wildman–Crippen MR) is 87.8 cm³/mol. The summed E-state index contributed by atoms with van der Waals surface area (Å²) in [5.74, 6) is 2.42. The second kappa shape index (κ2) is 7.71. The van der Waals surface area contributed by atoms with E-state index in [2.05, 4.69) is 0 Å². The van der Waals surface area contributed by atoms with Gasteiger partial charge in [0.25, 0.3) is 0 Å². The van der Waals surface area contributed by atoms with Gasteiger partial charge in [-0.05, 0) is 31.0 Å². The molecule has 0 unspecified atom stereocenters. The summed E-state index contributed by atoms with van der Waals surface area (Å²) < 4.78 is 16.8. The molecule has 0 aromatic heterocycles. The van der Waals surface area contributed by atoms with Crippen molar-refractivity contribution in [1.82, 2.24) is 0 Å². The summed E-state index contributed by atoms with van der Waals surface area (Å²) in [6.45, 7) is 5.44. The zero-order chi connectivity index (χ0) is 15.9. The Bertz CT molecular complexity index is 605. The van der Waals surface area contributed by atoms with Crippen LogP contribution in [0.3, 0.4) is 0 Å². The lowest BCUT2D eigenvalue weighted by molar-refractivity contribution is 0.214. The van der Waals surface area contributed by atoms with E-state index in [0.29, 0.717) is 19.8 Å². The number of hydrogen-bond acceptors (Lipinski definition) is 4. The highest BCUT2D eigenvalue weighted by Crippen LogP contribution is 2.25. The Morgan fingerprint density at radius 3 is 2.27 bits per heavy atom. The van der Waals surface area contributed by atoms with Gasteiger partial charge in [0.05, 0.1) is 7.11 Å². The largest absolute Gasteiger partial charge is 0.497 e. The predicted octanol–water partition coefficient (Wildman–Crippen LogP) is 3.23. The highest BCUT2D eigenvalue weighted by molar-refractivity contribution is 5.41. The third-order valence-electron chi connectivity index (χ3n) is 3.49. The Morgan fingerprint density at radius 1 is 0.955 bits per heavy atom. The maximum atomic E-state index is 5.83. The van der Waals surface area contributed by atoms with E-state index in [1.165, 1.54) is 0 Å². The van der Waals surface area contributed by atoms with Crippen molar-refractivity contribution in [3.05, 3.63) is 53.1 Å². The first-order valence-corrected chi connectivity index (χ1v) is 7.34. The van der Waals surface area contributed by atoms with Crippen LogP contribution in [0.2, 0.25) is 0 Å². The molecule has 4 nitrogen and oxygen atoms in total. The van der Waals surface area contributed by atoms with E-state index < -0.39 is 0 Å². The molecular weight excluding hydrogens is 278 g/mol. The molecule has 0 radical (unpaired) electrons. The van der Waals surface area contributed by atoms with E-state index in [1.807, 2.05) is 50.2 Å². The van der Waals surface area contributed by atoms with Crippen molar-refractivity contribution in [2.24, 2.45) is 5.73 Å². The highest BCUT2D eigenvalue weighted by Gasteiger charge is 2.06. The molecule has 2 N–H and O–H groups in total. The van der Waals surface area contributed by atoms with E-state index in [-0.39, 0.29) is 0 Å². The zero-order valence-corrected chi connectivity index (χ0v) is 13.4. The molecule has 22 heavy (non-hydrogen) atoms. The first kappa shape index (κ1) is 16.2. The number of hydrogen-bond donors (Lipinski definition) is 1. The molecule has 2 aromatic rings. The fourth-order valence-corrected chi connectivity index (χ4v) is 2.29. The van der Waals surface area contributed by atoms with Crippen LogP contribution in [0, 0.1) is 13.8 Å². The minimum absolute atomic E-state index is 0.428. The second-order valence-electron chi connectivity index (χ2n) is 5.10. The molecule has 0 saturated heterocycles. The number of aryl methyl sites for hydroxylation is 2. The molecule has 0 fully saturated rings. The molecule has 0 aliphatic carbocycles. The Balaban J connectivity index is 1.94. The van der Waals surface area contributed by atoms with Gasteiger partial charge in [-0.3, -0.25) is 0 Å². The number of para-hydroxylation sites is 1. The molecule has 4 heteroatoms. The second-order valence-corrected chi connectivity index (χ2v) is 5.10. The smallest absolute Gasteiger partial charge is 0.127 e. The van der Waals surface area contributed by atoms with Gasteiger partial charge in [-0.2, -0.15) is 0 Å². The van der Waals surface area contributed by atoms with E-state index in [1.54, 1.807) is 7.11 Å². The van der Waals surface area contributed by atoms with Crippen molar-refractivity contribution in [2.45, 2.75) is 20.4 Å². The van der Waals surface area contributed by atoms with Crippen LogP contribution in [0.15, 0.2) is 36.4 Å². The van der Waals surface area contributed by atoms with E-state index in [0.717, 1.165) is 33.9 Å². The number of rotatable bonds is 7. The monoisotopic (exact) mass is 301 g/mol. The molecule has 0 amide bonds. The molecule has 0 heterocycles. The van der Waals surface area contributed by atoms with Crippen molar-refractivity contribution in [3.63, 3.8) is 0 Å². The van der Waals surface area contributed by atoms with Crippen molar-refractivity contribution in [2.75, 3.05) is 20.3 Å². The normalized spacial score (nSPS) is 10.4. The molecule has 0 aliphatic heterocycles. The number of nitrogens with two attached hydrogens (primary N) is 1. The standard InChI is InChI=1S/C18H23NO3/c1-13-5-4-6-14(2)18(13)22-10-9-21-17-11-16(20-3)8-7-15(17)12-19/h4-8,11H,9-10,12,19H2,1-3H3. The molecule has 0 atom stereocenters. The fourth-order valence-electron chi connectivity index (χ4n) is 2.29. The Kier molecular flexibility index (Phi) is 5.67. The lowest BCUT2D eigenvalue weighted by Crippen LogP contribution is -2.12.